The molecular weight excluding hydrogens is 378 g/mol. The van der Waals surface area contributed by atoms with Crippen LogP contribution in [0.5, 0.6) is 5.75 Å². The number of anilines is 2. The molecule has 0 saturated carbocycles. The van der Waals surface area contributed by atoms with Gasteiger partial charge in [0.15, 0.2) is 5.82 Å². The van der Waals surface area contributed by atoms with Crippen molar-refractivity contribution in [1.82, 2.24) is 15.1 Å². The Bertz CT molecular complexity index is 997. The van der Waals surface area contributed by atoms with Crippen LogP contribution >= 0.6 is 0 Å². The van der Waals surface area contributed by atoms with E-state index in [4.69, 9.17) is 4.74 Å². The Hall–Kier alpha value is -3.61. The third-order valence-corrected chi connectivity index (χ3v) is 5.24. The molecule has 7 nitrogen and oxygen atoms in total. The highest BCUT2D eigenvalue weighted by atomic mass is 16.5. The van der Waals surface area contributed by atoms with Crippen LogP contribution < -0.4 is 15.0 Å². The molecule has 0 unspecified atom stereocenters. The van der Waals surface area contributed by atoms with Gasteiger partial charge in [0.25, 0.3) is 0 Å². The Morgan fingerprint density at radius 2 is 1.67 bits per heavy atom. The zero-order valence-electron chi connectivity index (χ0n) is 17.2. The Kier molecular flexibility index (Phi) is 5.79. The number of nitrogens with one attached hydrogen (secondary N) is 1. The van der Waals surface area contributed by atoms with Crippen molar-refractivity contribution in [3.05, 3.63) is 66.2 Å². The molecule has 0 atom stereocenters. The number of benzene rings is 2. The second kappa shape index (κ2) is 8.82. The first-order valence-electron chi connectivity index (χ1n) is 9.99. The molecule has 154 valence electrons. The van der Waals surface area contributed by atoms with Crippen LogP contribution in [-0.4, -0.2) is 54.4 Å². The van der Waals surface area contributed by atoms with Crippen molar-refractivity contribution in [2.24, 2.45) is 0 Å². The first-order valence-corrected chi connectivity index (χ1v) is 9.99. The standard InChI is InChI=1S/C23H25N5O2/c1-17-7-9-18(10-8-17)19-11-12-22(26-25-19)27-13-15-28(16-14-27)23(29)24-20-5-3-4-6-21(20)30-2/h3-12H,13-16H2,1-2H3,(H,24,29). The Labute approximate surface area is 176 Å². The molecule has 0 radical (unpaired) electrons. The number of amides is 2. The largest absolute Gasteiger partial charge is 0.495 e. The van der Waals surface area contributed by atoms with Crippen LogP contribution in [0.2, 0.25) is 0 Å². The number of methoxy groups -OCH3 is 1. The van der Waals surface area contributed by atoms with Crippen molar-refractivity contribution in [3.63, 3.8) is 0 Å². The normalized spacial score (nSPS) is 13.8. The molecule has 30 heavy (non-hydrogen) atoms. The van der Waals surface area contributed by atoms with Gasteiger partial charge in [-0.05, 0) is 31.2 Å². The number of carbonyl (C=O) groups excluding carboxylic acids is 1. The zero-order valence-corrected chi connectivity index (χ0v) is 17.2. The summed E-state index contributed by atoms with van der Waals surface area (Å²) in [5.41, 5.74) is 3.80. The summed E-state index contributed by atoms with van der Waals surface area (Å²) >= 11 is 0. The fourth-order valence-corrected chi connectivity index (χ4v) is 3.45. The van der Waals surface area contributed by atoms with Gasteiger partial charge < -0.3 is 19.9 Å². The van der Waals surface area contributed by atoms with E-state index in [1.807, 2.05) is 36.4 Å². The van der Waals surface area contributed by atoms with E-state index in [2.05, 4.69) is 51.6 Å². The summed E-state index contributed by atoms with van der Waals surface area (Å²) in [5.74, 6) is 1.48. The monoisotopic (exact) mass is 403 g/mol. The van der Waals surface area contributed by atoms with Gasteiger partial charge in [0.2, 0.25) is 0 Å². The minimum absolute atomic E-state index is 0.125. The van der Waals surface area contributed by atoms with E-state index in [0.29, 0.717) is 37.6 Å². The third kappa shape index (κ3) is 4.35. The summed E-state index contributed by atoms with van der Waals surface area (Å²) in [6.07, 6.45) is 0. The molecule has 1 aliphatic rings. The van der Waals surface area contributed by atoms with E-state index in [9.17, 15) is 4.79 Å². The average molecular weight is 403 g/mol. The number of rotatable bonds is 4. The fraction of sp³-hybridized carbons (Fsp3) is 0.261. The van der Waals surface area contributed by atoms with Crippen LogP contribution in [0.4, 0.5) is 16.3 Å². The van der Waals surface area contributed by atoms with Gasteiger partial charge >= 0.3 is 6.03 Å². The molecule has 0 bridgehead atoms. The van der Waals surface area contributed by atoms with Gasteiger partial charge in [0.05, 0.1) is 18.5 Å². The van der Waals surface area contributed by atoms with Gasteiger partial charge in [-0.2, -0.15) is 0 Å². The van der Waals surface area contributed by atoms with Crippen LogP contribution in [0.25, 0.3) is 11.3 Å². The molecule has 2 amide bonds. The van der Waals surface area contributed by atoms with Crippen LogP contribution in [0, 0.1) is 6.92 Å². The van der Waals surface area contributed by atoms with Gasteiger partial charge in [-0.3, -0.25) is 0 Å². The van der Waals surface area contributed by atoms with E-state index in [1.54, 1.807) is 12.0 Å². The number of aryl methyl sites for hydroxylation is 1. The molecule has 7 heteroatoms. The molecule has 0 aliphatic carbocycles. The number of aromatic nitrogens is 2. The quantitative estimate of drug-likeness (QED) is 0.717. The molecule has 3 aromatic rings. The number of hydrogen-bond donors (Lipinski definition) is 1. The molecule has 4 rings (SSSR count). The van der Waals surface area contributed by atoms with Gasteiger partial charge in [-0.25, -0.2) is 4.79 Å². The number of carbonyl (C=O) groups is 1. The number of urea groups is 1. The molecule has 1 fully saturated rings. The first kappa shape index (κ1) is 19.7. The SMILES string of the molecule is COc1ccccc1NC(=O)N1CCN(c2ccc(-c3ccc(C)cc3)nn2)CC1. The molecular formula is C23H25N5O2. The lowest BCUT2D eigenvalue weighted by molar-refractivity contribution is 0.208. The molecule has 1 saturated heterocycles. The van der Waals surface area contributed by atoms with E-state index in [0.717, 1.165) is 17.1 Å². The number of nitrogens with zero attached hydrogens (tertiary/aromatic N) is 4. The third-order valence-electron chi connectivity index (χ3n) is 5.24. The number of ether oxygens (including phenoxy) is 1. The summed E-state index contributed by atoms with van der Waals surface area (Å²) in [6.45, 7) is 4.70. The predicted molar refractivity (Wildman–Crippen MR) is 118 cm³/mol. The lowest BCUT2D eigenvalue weighted by atomic mass is 10.1. The zero-order chi connectivity index (χ0) is 20.9. The Balaban J connectivity index is 1.35. The summed E-state index contributed by atoms with van der Waals surface area (Å²) in [7, 11) is 1.59. The van der Waals surface area contributed by atoms with Crippen molar-refractivity contribution in [2.75, 3.05) is 43.5 Å². The molecule has 2 aromatic carbocycles. The van der Waals surface area contributed by atoms with E-state index in [1.165, 1.54) is 5.56 Å². The maximum atomic E-state index is 12.6. The minimum Gasteiger partial charge on any atom is -0.495 e. The van der Waals surface area contributed by atoms with Crippen molar-refractivity contribution < 1.29 is 9.53 Å². The number of hydrogen-bond acceptors (Lipinski definition) is 5. The Morgan fingerprint density at radius 1 is 0.933 bits per heavy atom. The summed E-state index contributed by atoms with van der Waals surface area (Å²) in [6, 6.07) is 19.5. The fourth-order valence-electron chi connectivity index (χ4n) is 3.45. The first-order chi connectivity index (χ1) is 14.6. The average Bonchev–Trinajstić information content (AvgIpc) is 2.80. The van der Waals surface area contributed by atoms with Gasteiger partial charge in [-0.15, -0.1) is 10.2 Å². The minimum atomic E-state index is -0.125. The summed E-state index contributed by atoms with van der Waals surface area (Å²) in [4.78, 5) is 16.6. The highest BCUT2D eigenvalue weighted by Crippen LogP contribution is 2.24. The Morgan fingerprint density at radius 3 is 2.33 bits per heavy atom. The number of para-hydroxylation sites is 2. The summed E-state index contributed by atoms with van der Waals surface area (Å²) in [5, 5.41) is 11.7. The van der Waals surface area contributed by atoms with Crippen LogP contribution in [-0.2, 0) is 0 Å². The molecule has 1 N–H and O–H groups in total. The maximum Gasteiger partial charge on any atom is 0.322 e. The predicted octanol–water partition coefficient (Wildman–Crippen LogP) is 3.81. The molecule has 1 aromatic heterocycles. The summed E-state index contributed by atoms with van der Waals surface area (Å²) < 4.78 is 5.30. The van der Waals surface area contributed by atoms with Crippen LogP contribution in [0.15, 0.2) is 60.7 Å². The molecule has 2 heterocycles. The lowest BCUT2D eigenvalue weighted by Crippen LogP contribution is -2.50. The topological polar surface area (TPSA) is 70.6 Å². The van der Waals surface area contributed by atoms with Crippen LogP contribution in [0.1, 0.15) is 5.56 Å². The van der Waals surface area contributed by atoms with E-state index in [-0.39, 0.29) is 6.03 Å². The van der Waals surface area contributed by atoms with Crippen molar-refractivity contribution in [1.29, 1.82) is 0 Å². The maximum absolute atomic E-state index is 12.6. The van der Waals surface area contributed by atoms with Gasteiger partial charge in [0, 0.05) is 31.7 Å². The number of piperazine rings is 1. The second-order valence-electron chi connectivity index (χ2n) is 7.25. The van der Waals surface area contributed by atoms with Gasteiger partial charge in [-0.1, -0.05) is 42.0 Å². The highest BCUT2D eigenvalue weighted by molar-refractivity contribution is 5.91. The van der Waals surface area contributed by atoms with Crippen molar-refractivity contribution in [3.8, 4) is 17.0 Å². The van der Waals surface area contributed by atoms with Crippen molar-refractivity contribution >= 4 is 17.5 Å². The van der Waals surface area contributed by atoms with E-state index >= 15 is 0 Å². The smallest absolute Gasteiger partial charge is 0.322 e. The highest BCUT2D eigenvalue weighted by Gasteiger charge is 2.23. The molecule has 0 spiro atoms. The lowest BCUT2D eigenvalue weighted by Gasteiger charge is -2.35. The van der Waals surface area contributed by atoms with Crippen LogP contribution in [0.3, 0.4) is 0 Å². The van der Waals surface area contributed by atoms with Crippen molar-refractivity contribution in [2.45, 2.75) is 6.92 Å². The molecule has 1 aliphatic heterocycles. The second-order valence-corrected chi connectivity index (χ2v) is 7.25. The van der Waals surface area contributed by atoms with Gasteiger partial charge in [0.1, 0.15) is 5.75 Å². The van der Waals surface area contributed by atoms with E-state index < -0.39 is 0 Å².